The average Bonchev–Trinajstić information content (AvgIpc) is 3.62. The maximum Gasteiger partial charge on any atom is 0.296 e. The van der Waals surface area contributed by atoms with Crippen molar-refractivity contribution >= 4 is 28.7 Å². The number of morpholine rings is 1. The number of carbonyl (C=O) groups excluding carboxylic acids is 1. The molecular formula is C28H35F2N7O3. The summed E-state index contributed by atoms with van der Waals surface area (Å²) in [5.41, 5.74) is 1.03. The van der Waals surface area contributed by atoms with E-state index in [0.717, 1.165) is 25.8 Å². The number of para-hydroxylation sites is 2. The Balaban J connectivity index is 1.22. The van der Waals surface area contributed by atoms with Gasteiger partial charge in [0, 0.05) is 44.7 Å². The summed E-state index contributed by atoms with van der Waals surface area (Å²) in [6.07, 6.45) is 0.696. The molecule has 4 heterocycles. The minimum absolute atomic E-state index is 0.00430. The number of imidazole rings is 1. The van der Waals surface area contributed by atoms with Crippen molar-refractivity contribution in [3.05, 3.63) is 36.2 Å². The van der Waals surface area contributed by atoms with E-state index in [9.17, 15) is 18.7 Å². The first-order chi connectivity index (χ1) is 19.5. The minimum atomic E-state index is -2.78. The highest BCUT2D eigenvalue weighted by Gasteiger charge is 2.33. The van der Waals surface area contributed by atoms with Gasteiger partial charge in [-0.25, -0.2) is 13.8 Å². The lowest BCUT2D eigenvalue weighted by Gasteiger charge is -2.28. The van der Waals surface area contributed by atoms with Gasteiger partial charge in [-0.1, -0.05) is 12.1 Å². The molecule has 2 N–H and O–H groups in total. The predicted octanol–water partition coefficient (Wildman–Crippen LogP) is 3.40. The Kier molecular flexibility index (Phi) is 7.79. The third-order valence-corrected chi connectivity index (χ3v) is 8.22. The van der Waals surface area contributed by atoms with E-state index in [1.54, 1.807) is 30.3 Å². The van der Waals surface area contributed by atoms with Crippen LogP contribution in [-0.2, 0) is 9.53 Å². The van der Waals surface area contributed by atoms with Crippen LogP contribution < -0.4 is 10.2 Å². The summed E-state index contributed by atoms with van der Waals surface area (Å²) < 4.78 is 35.1. The van der Waals surface area contributed by atoms with Crippen molar-refractivity contribution in [3.8, 4) is 5.82 Å². The normalized spacial score (nSPS) is 23.8. The SMILES string of the molecule is O=C(C1CCC(O)CC1)N1CC[C@H](CNc2cc(-n3c(C(F)F)nc4ccccc43)nc(N3CCOCC3)n2)C1. The lowest BCUT2D eigenvalue weighted by molar-refractivity contribution is -0.136. The smallest absolute Gasteiger partial charge is 0.296 e. The monoisotopic (exact) mass is 555 g/mol. The van der Waals surface area contributed by atoms with Crippen molar-refractivity contribution in [2.75, 3.05) is 56.2 Å². The van der Waals surface area contributed by atoms with Gasteiger partial charge in [0.05, 0.1) is 30.4 Å². The number of aliphatic hydroxyl groups is 1. The molecule has 10 nitrogen and oxygen atoms in total. The number of anilines is 2. The van der Waals surface area contributed by atoms with Gasteiger partial charge in [0.15, 0.2) is 5.82 Å². The molecule has 40 heavy (non-hydrogen) atoms. The lowest BCUT2D eigenvalue weighted by Crippen LogP contribution is -2.37. The van der Waals surface area contributed by atoms with Gasteiger partial charge in [-0.05, 0) is 50.2 Å². The fourth-order valence-electron chi connectivity index (χ4n) is 5.99. The van der Waals surface area contributed by atoms with Crippen LogP contribution in [0.15, 0.2) is 30.3 Å². The minimum Gasteiger partial charge on any atom is -0.393 e. The third kappa shape index (κ3) is 5.60. The summed E-state index contributed by atoms with van der Waals surface area (Å²) in [6, 6.07) is 8.73. The summed E-state index contributed by atoms with van der Waals surface area (Å²) in [5, 5.41) is 13.2. The van der Waals surface area contributed by atoms with Gasteiger partial charge in [-0.2, -0.15) is 9.97 Å². The first-order valence-corrected chi connectivity index (χ1v) is 14.1. The number of likely N-dealkylation sites (tertiary alicyclic amines) is 1. The van der Waals surface area contributed by atoms with E-state index >= 15 is 0 Å². The highest BCUT2D eigenvalue weighted by Crippen LogP contribution is 2.30. The third-order valence-electron chi connectivity index (χ3n) is 8.22. The molecule has 0 bridgehead atoms. The molecule has 2 aromatic heterocycles. The molecule has 1 atom stereocenters. The number of nitrogens with one attached hydrogen (secondary N) is 1. The number of ether oxygens (including phenoxy) is 1. The van der Waals surface area contributed by atoms with Crippen molar-refractivity contribution in [2.24, 2.45) is 11.8 Å². The van der Waals surface area contributed by atoms with Crippen molar-refractivity contribution in [3.63, 3.8) is 0 Å². The molecule has 1 aliphatic carbocycles. The molecule has 2 saturated heterocycles. The molecule has 1 aromatic carbocycles. The van der Waals surface area contributed by atoms with Crippen LogP contribution in [0.1, 0.15) is 44.4 Å². The zero-order chi connectivity index (χ0) is 27.6. The maximum atomic E-state index is 14.1. The molecule has 0 spiro atoms. The van der Waals surface area contributed by atoms with Gasteiger partial charge in [0.2, 0.25) is 11.9 Å². The van der Waals surface area contributed by atoms with Crippen LogP contribution in [0.3, 0.4) is 0 Å². The molecule has 1 saturated carbocycles. The number of halogens is 2. The van der Waals surface area contributed by atoms with Crippen LogP contribution in [0.2, 0.25) is 0 Å². The Morgan fingerprint density at radius 2 is 1.82 bits per heavy atom. The number of benzene rings is 1. The maximum absolute atomic E-state index is 14.1. The Morgan fingerprint density at radius 1 is 1.05 bits per heavy atom. The van der Waals surface area contributed by atoms with E-state index in [-0.39, 0.29) is 29.7 Å². The van der Waals surface area contributed by atoms with E-state index < -0.39 is 6.43 Å². The first-order valence-electron chi connectivity index (χ1n) is 14.1. The fourth-order valence-corrected chi connectivity index (χ4v) is 5.99. The number of rotatable bonds is 7. The summed E-state index contributed by atoms with van der Waals surface area (Å²) in [4.78, 5) is 30.6. The molecule has 3 aromatic rings. The molecule has 3 aliphatic rings. The van der Waals surface area contributed by atoms with Gasteiger partial charge in [-0.15, -0.1) is 0 Å². The summed E-state index contributed by atoms with van der Waals surface area (Å²) in [5.74, 6) is 1.39. The van der Waals surface area contributed by atoms with Crippen molar-refractivity contribution in [2.45, 2.75) is 44.6 Å². The quantitative estimate of drug-likeness (QED) is 0.457. The Labute approximate surface area is 231 Å². The largest absolute Gasteiger partial charge is 0.393 e. The van der Waals surface area contributed by atoms with Gasteiger partial charge in [0.25, 0.3) is 6.43 Å². The zero-order valence-corrected chi connectivity index (χ0v) is 22.4. The number of hydrogen-bond acceptors (Lipinski definition) is 8. The van der Waals surface area contributed by atoms with Crippen molar-refractivity contribution in [1.29, 1.82) is 0 Å². The number of nitrogens with zero attached hydrogens (tertiary/aromatic N) is 6. The molecule has 2 aliphatic heterocycles. The summed E-state index contributed by atoms with van der Waals surface area (Å²) in [7, 11) is 0. The standard InChI is InChI=1S/C28H35F2N7O3/c29-25(30)26-32-21-3-1-2-4-22(21)37(26)24-15-23(33-28(34-24)35-11-13-40-14-12-35)31-16-18-9-10-36(17-18)27(39)19-5-7-20(38)8-6-19/h1-4,15,18-20,25,38H,5-14,16-17H2,(H,31,33,34)/t18-,19?,20?/m1/s1. The van der Waals surface area contributed by atoms with Crippen molar-refractivity contribution in [1.82, 2.24) is 24.4 Å². The second-order valence-corrected chi connectivity index (χ2v) is 10.9. The summed E-state index contributed by atoms with van der Waals surface area (Å²) >= 11 is 0. The molecule has 12 heteroatoms. The number of amides is 1. The zero-order valence-electron chi connectivity index (χ0n) is 22.4. The fraction of sp³-hybridized carbons (Fsp3) is 0.571. The lowest BCUT2D eigenvalue weighted by atomic mass is 9.86. The van der Waals surface area contributed by atoms with Crippen LogP contribution in [-0.4, -0.2) is 87.5 Å². The molecule has 214 valence electrons. The first kappa shape index (κ1) is 26.8. The Bertz CT molecular complexity index is 1340. The van der Waals surface area contributed by atoms with Gasteiger partial charge >= 0.3 is 0 Å². The Hall–Kier alpha value is -3.38. The predicted molar refractivity (Wildman–Crippen MR) is 146 cm³/mol. The molecule has 1 amide bonds. The van der Waals surface area contributed by atoms with E-state index in [1.165, 1.54) is 4.57 Å². The molecule has 0 unspecified atom stereocenters. The van der Waals surface area contributed by atoms with E-state index in [4.69, 9.17) is 14.7 Å². The van der Waals surface area contributed by atoms with Crippen LogP contribution in [0.25, 0.3) is 16.9 Å². The molecule has 0 radical (unpaired) electrons. The van der Waals surface area contributed by atoms with Crippen LogP contribution in [0.4, 0.5) is 20.5 Å². The van der Waals surface area contributed by atoms with Crippen molar-refractivity contribution < 1.29 is 23.4 Å². The second-order valence-electron chi connectivity index (χ2n) is 10.9. The van der Waals surface area contributed by atoms with Crippen LogP contribution >= 0.6 is 0 Å². The highest BCUT2D eigenvalue weighted by molar-refractivity contribution is 5.79. The average molecular weight is 556 g/mol. The highest BCUT2D eigenvalue weighted by atomic mass is 19.3. The van der Waals surface area contributed by atoms with Gasteiger partial charge in [0.1, 0.15) is 11.6 Å². The van der Waals surface area contributed by atoms with E-state index in [2.05, 4.69) is 10.3 Å². The number of hydrogen-bond donors (Lipinski definition) is 2. The van der Waals surface area contributed by atoms with Crippen LogP contribution in [0.5, 0.6) is 0 Å². The molecule has 6 rings (SSSR count). The second kappa shape index (κ2) is 11.6. The number of fused-ring (bicyclic) bond motifs is 1. The Morgan fingerprint density at radius 3 is 2.60 bits per heavy atom. The van der Waals surface area contributed by atoms with Gasteiger partial charge < -0.3 is 25.0 Å². The van der Waals surface area contributed by atoms with E-state index in [1.807, 2.05) is 9.80 Å². The number of aliphatic hydroxyl groups excluding tert-OH is 1. The number of alkyl halides is 2. The van der Waals surface area contributed by atoms with E-state index in [0.29, 0.717) is 80.9 Å². The van der Waals surface area contributed by atoms with Gasteiger partial charge in [-0.3, -0.25) is 9.36 Å². The van der Waals surface area contributed by atoms with Crippen LogP contribution in [0, 0.1) is 11.8 Å². The summed E-state index contributed by atoms with van der Waals surface area (Å²) in [6.45, 7) is 4.27. The molecule has 3 fully saturated rings. The number of carbonyl (C=O) groups is 1. The molecular weight excluding hydrogens is 520 g/mol. The topological polar surface area (TPSA) is 109 Å². The number of aromatic nitrogens is 4.